The minimum absolute atomic E-state index is 0.684. The summed E-state index contributed by atoms with van der Waals surface area (Å²) in [7, 11) is 0. The normalized spacial score (nSPS) is 11.3. The van der Waals surface area contributed by atoms with E-state index < -0.39 is 0 Å². The van der Waals surface area contributed by atoms with Gasteiger partial charge in [0.2, 0.25) is 0 Å². The lowest BCUT2D eigenvalue weighted by atomic mass is 10.1. The van der Waals surface area contributed by atoms with Gasteiger partial charge in [-0.25, -0.2) is 0 Å². The Morgan fingerprint density at radius 1 is 1.17 bits per heavy atom. The van der Waals surface area contributed by atoms with Crippen molar-refractivity contribution in [2.24, 2.45) is 10.7 Å². The molecule has 3 N–H and O–H groups in total. The summed E-state index contributed by atoms with van der Waals surface area (Å²) in [6.45, 7) is 4.25. The first-order valence-electron chi connectivity index (χ1n) is 7.89. The zero-order valence-electron chi connectivity index (χ0n) is 14.2. The fraction of sp³-hybridized carbons (Fsp3) is 0.150. The van der Waals surface area contributed by atoms with Crippen LogP contribution in [-0.2, 0) is 0 Å². The molecular weight excluding hydrogens is 296 g/mol. The van der Waals surface area contributed by atoms with Crippen molar-refractivity contribution in [3.05, 3.63) is 72.7 Å². The number of hydrogen-bond acceptors (Lipinski definition) is 4. The molecule has 0 bridgehead atoms. The fourth-order valence-electron chi connectivity index (χ4n) is 1.76. The molecule has 0 unspecified atom stereocenters. The molecule has 1 heterocycles. The Balaban J connectivity index is 0.000000891. The quantitative estimate of drug-likeness (QED) is 0.784. The molecule has 2 rings (SSSR count). The van der Waals surface area contributed by atoms with Gasteiger partial charge in [0.05, 0.1) is 5.69 Å². The van der Waals surface area contributed by atoms with Gasteiger partial charge in [-0.3, -0.25) is 9.98 Å². The molecule has 1 aromatic heterocycles. The summed E-state index contributed by atoms with van der Waals surface area (Å²) in [5.41, 5.74) is 8.71. The summed E-state index contributed by atoms with van der Waals surface area (Å²) in [5.74, 6) is 0. The van der Waals surface area contributed by atoms with Crippen LogP contribution >= 0.6 is 0 Å². The molecule has 0 fully saturated rings. The zero-order chi connectivity index (χ0) is 17.6. The van der Waals surface area contributed by atoms with E-state index in [0.29, 0.717) is 5.57 Å². The average Bonchev–Trinajstić information content (AvgIpc) is 2.64. The third-order valence-electron chi connectivity index (χ3n) is 2.82. The Bertz CT molecular complexity index is 683. The number of nitrogens with zero attached hydrogens (tertiary/aromatic N) is 2. The molecule has 0 aliphatic rings. The standard InChI is InChI=1S/C17H16N4.C3H8/c18-9-4-10-20-12-16(11-19)15-7-8-17(21-13-15)14-5-2-1-3-6-14;1-3-2/h1-13,19H,18H2;3H2,1-2H3/b9-4-,16-12-,19-11?,20-10-;. The van der Waals surface area contributed by atoms with Gasteiger partial charge in [-0.15, -0.1) is 0 Å². The van der Waals surface area contributed by atoms with Crippen LogP contribution in [0.1, 0.15) is 25.8 Å². The maximum Gasteiger partial charge on any atom is 0.0702 e. The Morgan fingerprint density at radius 2 is 1.88 bits per heavy atom. The van der Waals surface area contributed by atoms with Crippen LogP contribution in [0.15, 0.2) is 72.1 Å². The average molecular weight is 320 g/mol. The molecule has 0 saturated carbocycles. The van der Waals surface area contributed by atoms with E-state index >= 15 is 0 Å². The number of aliphatic imine (C=N–C) groups is 1. The van der Waals surface area contributed by atoms with Crippen LogP contribution in [-0.4, -0.2) is 17.4 Å². The highest BCUT2D eigenvalue weighted by Crippen LogP contribution is 2.18. The van der Waals surface area contributed by atoms with Gasteiger partial charge in [0.25, 0.3) is 0 Å². The monoisotopic (exact) mass is 320 g/mol. The summed E-state index contributed by atoms with van der Waals surface area (Å²) < 4.78 is 0. The van der Waals surface area contributed by atoms with E-state index in [2.05, 4.69) is 23.8 Å². The second kappa shape index (κ2) is 11.5. The number of nitrogens with two attached hydrogens (primary N) is 1. The van der Waals surface area contributed by atoms with Crippen molar-refractivity contribution < 1.29 is 0 Å². The second-order valence-electron chi connectivity index (χ2n) is 4.92. The van der Waals surface area contributed by atoms with Gasteiger partial charge in [0.15, 0.2) is 0 Å². The van der Waals surface area contributed by atoms with E-state index in [1.807, 2.05) is 42.5 Å². The molecule has 124 valence electrons. The number of hydrogen-bond donors (Lipinski definition) is 2. The van der Waals surface area contributed by atoms with Gasteiger partial charge in [0.1, 0.15) is 0 Å². The molecule has 0 spiro atoms. The Hall–Kier alpha value is -3.01. The summed E-state index contributed by atoms with van der Waals surface area (Å²) in [6.07, 6.45) is 10.4. The maximum absolute atomic E-state index is 7.46. The first kappa shape index (κ1) is 19.0. The summed E-state index contributed by atoms with van der Waals surface area (Å²) in [6, 6.07) is 13.8. The van der Waals surface area contributed by atoms with Crippen LogP contribution in [0.3, 0.4) is 0 Å². The van der Waals surface area contributed by atoms with Crippen LogP contribution in [0.5, 0.6) is 0 Å². The first-order chi connectivity index (χ1) is 11.8. The van der Waals surface area contributed by atoms with E-state index in [9.17, 15) is 0 Å². The van der Waals surface area contributed by atoms with Gasteiger partial charge in [0, 0.05) is 41.5 Å². The molecule has 4 nitrogen and oxygen atoms in total. The van der Waals surface area contributed by atoms with Crippen molar-refractivity contribution >= 4 is 18.0 Å². The lowest BCUT2D eigenvalue weighted by molar-refractivity contribution is 1.09. The minimum Gasteiger partial charge on any atom is -0.405 e. The molecule has 0 amide bonds. The smallest absolute Gasteiger partial charge is 0.0702 e. The van der Waals surface area contributed by atoms with Crippen LogP contribution in [0.25, 0.3) is 16.8 Å². The molecule has 2 aromatic rings. The van der Waals surface area contributed by atoms with Crippen molar-refractivity contribution in [1.82, 2.24) is 4.98 Å². The third kappa shape index (κ3) is 6.40. The van der Waals surface area contributed by atoms with E-state index in [0.717, 1.165) is 16.8 Å². The van der Waals surface area contributed by atoms with Crippen molar-refractivity contribution in [2.45, 2.75) is 20.3 Å². The third-order valence-corrected chi connectivity index (χ3v) is 2.82. The van der Waals surface area contributed by atoms with Crippen LogP contribution in [0.2, 0.25) is 0 Å². The van der Waals surface area contributed by atoms with Crippen LogP contribution in [0, 0.1) is 5.41 Å². The van der Waals surface area contributed by atoms with Crippen LogP contribution < -0.4 is 5.73 Å². The van der Waals surface area contributed by atoms with Crippen molar-refractivity contribution in [3.8, 4) is 11.3 Å². The summed E-state index contributed by atoms with van der Waals surface area (Å²) in [4.78, 5) is 8.49. The number of benzene rings is 1. The van der Waals surface area contributed by atoms with Crippen molar-refractivity contribution in [2.75, 3.05) is 0 Å². The van der Waals surface area contributed by atoms with Gasteiger partial charge in [-0.1, -0.05) is 56.7 Å². The van der Waals surface area contributed by atoms with Crippen LogP contribution in [0.4, 0.5) is 0 Å². The molecule has 1 aromatic carbocycles. The molecular formula is C20H24N4. The maximum atomic E-state index is 7.46. The molecule has 0 saturated heterocycles. The number of pyridine rings is 1. The lowest BCUT2D eigenvalue weighted by Gasteiger charge is -2.03. The highest BCUT2D eigenvalue weighted by atomic mass is 14.7. The molecule has 0 aliphatic carbocycles. The van der Waals surface area contributed by atoms with E-state index in [1.165, 1.54) is 18.8 Å². The number of allylic oxidation sites excluding steroid dienone is 2. The van der Waals surface area contributed by atoms with E-state index in [-0.39, 0.29) is 0 Å². The highest BCUT2D eigenvalue weighted by molar-refractivity contribution is 6.08. The van der Waals surface area contributed by atoms with Crippen molar-refractivity contribution in [3.63, 3.8) is 0 Å². The number of rotatable bonds is 5. The summed E-state index contributed by atoms with van der Waals surface area (Å²) >= 11 is 0. The Kier molecular flexibility index (Phi) is 9.16. The van der Waals surface area contributed by atoms with E-state index in [4.69, 9.17) is 11.1 Å². The SMILES string of the molecule is CCC.N=C/C(=C/N=C\C=C/N)c1ccc(-c2ccccc2)nc1. The van der Waals surface area contributed by atoms with Gasteiger partial charge >= 0.3 is 0 Å². The van der Waals surface area contributed by atoms with Gasteiger partial charge < -0.3 is 11.1 Å². The highest BCUT2D eigenvalue weighted by Gasteiger charge is 2.01. The molecule has 24 heavy (non-hydrogen) atoms. The van der Waals surface area contributed by atoms with E-state index in [1.54, 1.807) is 24.7 Å². The second-order valence-corrected chi connectivity index (χ2v) is 4.92. The topological polar surface area (TPSA) is 75.1 Å². The number of nitrogens with one attached hydrogen (secondary N) is 1. The molecule has 0 radical (unpaired) electrons. The minimum atomic E-state index is 0.684. The number of aromatic nitrogens is 1. The fourth-order valence-corrected chi connectivity index (χ4v) is 1.76. The zero-order valence-corrected chi connectivity index (χ0v) is 14.2. The predicted molar refractivity (Wildman–Crippen MR) is 104 cm³/mol. The molecule has 0 atom stereocenters. The van der Waals surface area contributed by atoms with Gasteiger partial charge in [-0.2, -0.15) is 0 Å². The van der Waals surface area contributed by atoms with Gasteiger partial charge in [-0.05, 0) is 18.3 Å². The van der Waals surface area contributed by atoms with Crippen molar-refractivity contribution in [1.29, 1.82) is 5.41 Å². The molecule has 4 heteroatoms. The lowest BCUT2D eigenvalue weighted by Crippen LogP contribution is -1.89. The molecule has 0 aliphatic heterocycles. The Morgan fingerprint density at radius 3 is 2.42 bits per heavy atom. The Labute approximate surface area is 144 Å². The predicted octanol–water partition coefficient (Wildman–Crippen LogP) is 4.70. The summed E-state index contributed by atoms with van der Waals surface area (Å²) in [5, 5.41) is 7.46. The first-order valence-corrected chi connectivity index (χ1v) is 7.89. The largest absolute Gasteiger partial charge is 0.405 e.